The second kappa shape index (κ2) is 11.6. The minimum absolute atomic E-state index is 0.0490. The minimum atomic E-state index is -0.951. The Morgan fingerprint density at radius 3 is 2.44 bits per heavy atom. The first-order valence-corrected chi connectivity index (χ1v) is 12.3. The van der Waals surface area contributed by atoms with Gasteiger partial charge in [-0.3, -0.25) is 4.79 Å². The number of rotatable bonds is 12. The van der Waals surface area contributed by atoms with E-state index >= 15 is 0 Å². The molecule has 2 atom stereocenters. The number of fused-ring (bicyclic) bond motifs is 1. The number of carbonyl (C=O) groups is 1. The Hall–Kier alpha value is -2.05. The van der Waals surface area contributed by atoms with Gasteiger partial charge in [-0.25, -0.2) is 0 Å². The van der Waals surface area contributed by atoms with Crippen LogP contribution in [0.1, 0.15) is 49.3 Å². The van der Waals surface area contributed by atoms with E-state index in [-0.39, 0.29) is 28.6 Å². The lowest BCUT2D eigenvalue weighted by Crippen LogP contribution is -2.46. The zero-order chi connectivity index (χ0) is 24.9. The SMILES string of the molecule is C=CC(CC(=O)O)c1ccc(OCC(O)CNC(C)(C)CC2Cc3ccccc3C2)c(Cl)c1Cl. The van der Waals surface area contributed by atoms with E-state index in [9.17, 15) is 9.90 Å². The van der Waals surface area contributed by atoms with E-state index in [4.69, 9.17) is 33.0 Å². The molecule has 3 N–H and O–H groups in total. The standard InChI is InChI=1S/C27H33Cl2NO4/c1-4-18(13-24(32)33)22-9-10-23(26(29)25(22)28)34-16-21(31)15-30-27(2,3)14-17-11-19-7-5-6-8-20(19)12-17/h4-10,17-18,21,30-31H,1,11-16H2,2-3H3,(H,32,33). The molecule has 0 heterocycles. The molecule has 34 heavy (non-hydrogen) atoms. The zero-order valence-electron chi connectivity index (χ0n) is 19.7. The van der Waals surface area contributed by atoms with Gasteiger partial charge in [-0.1, -0.05) is 59.6 Å². The van der Waals surface area contributed by atoms with Crippen LogP contribution in [0.3, 0.4) is 0 Å². The first kappa shape index (κ1) is 26.6. The summed E-state index contributed by atoms with van der Waals surface area (Å²) < 4.78 is 5.72. The van der Waals surface area contributed by atoms with Crippen molar-refractivity contribution in [2.45, 2.75) is 57.1 Å². The van der Waals surface area contributed by atoms with Crippen molar-refractivity contribution in [3.8, 4) is 5.75 Å². The van der Waals surface area contributed by atoms with Crippen LogP contribution >= 0.6 is 23.2 Å². The molecule has 0 aliphatic heterocycles. The molecule has 0 amide bonds. The lowest BCUT2D eigenvalue weighted by atomic mass is 9.88. The quantitative estimate of drug-likeness (QED) is 0.324. The lowest BCUT2D eigenvalue weighted by Gasteiger charge is -2.30. The maximum absolute atomic E-state index is 11.1. The fourth-order valence-electron chi connectivity index (χ4n) is 4.68. The monoisotopic (exact) mass is 505 g/mol. The van der Waals surface area contributed by atoms with Crippen LogP contribution in [0.15, 0.2) is 49.1 Å². The number of nitrogens with one attached hydrogen (secondary N) is 1. The predicted molar refractivity (Wildman–Crippen MR) is 137 cm³/mol. The van der Waals surface area contributed by atoms with E-state index in [1.54, 1.807) is 12.1 Å². The van der Waals surface area contributed by atoms with Gasteiger partial charge < -0.3 is 20.3 Å². The molecule has 0 bridgehead atoms. The van der Waals surface area contributed by atoms with Crippen molar-refractivity contribution in [2.24, 2.45) is 5.92 Å². The number of carboxylic acid groups (broad SMARTS) is 1. The van der Waals surface area contributed by atoms with Crippen LogP contribution < -0.4 is 10.1 Å². The summed E-state index contributed by atoms with van der Waals surface area (Å²) in [5, 5.41) is 23.5. The van der Waals surface area contributed by atoms with Crippen molar-refractivity contribution in [1.29, 1.82) is 0 Å². The summed E-state index contributed by atoms with van der Waals surface area (Å²) >= 11 is 12.7. The molecule has 1 aliphatic rings. The molecule has 1 aliphatic carbocycles. The number of halogens is 2. The van der Waals surface area contributed by atoms with Crippen LogP contribution in [-0.2, 0) is 17.6 Å². The highest BCUT2D eigenvalue weighted by molar-refractivity contribution is 6.43. The number of allylic oxidation sites excluding steroid dienone is 1. The average molecular weight is 506 g/mol. The highest BCUT2D eigenvalue weighted by Crippen LogP contribution is 2.39. The number of hydrogen-bond donors (Lipinski definition) is 3. The Labute approximate surface area is 211 Å². The van der Waals surface area contributed by atoms with Crippen LogP contribution in [0.25, 0.3) is 0 Å². The summed E-state index contributed by atoms with van der Waals surface area (Å²) in [4.78, 5) is 11.1. The number of ether oxygens (including phenoxy) is 1. The molecule has 0 fully saturated rings. The first-order valence-electron chi connectivity index (χ1n) is 11.5. The largest absolute Gasteiger partial charge is 0.489 e. The molecule has 7 heteroatoms. The third kappa shape index (κ3) is 6.98. The van der Waals surface area contributed by atoms with Crippen LogP contribution in [0, 0.1) is 5.92 Å². The van der Waals surface area contributed by atoms with Crippen LogP contribution in [0.4, 0.5) is 0 Å². The molecular formula is C27H33Cl2NO4. The number of hydrogen-bond acceptors (Lipinski definition) is 4. The number of benzene rings is 2. The van der Waals surface area contributed by atoms with Crippen molar-refractivity contribution in [3.05, 3.63) is 75.8 Å². The van der Waals surface area contributed by atoms with E-state index in [1.807, 2.05) is 0 Å². The van der Waals surface area contributed by atoms with Crippen molar-refractivity contribution in [2.75, 3.05) is 13.2 Å². The fraction of sp³-hybridized carbons (Fsp3) is 0.444. The Morgan fingerprint density at radius 1 is 1.21 bits per heavy atom. The van der Waals surface area contributed by atoms with E-state index < -0.39 is 18.0 Å². The molecule has 0 saturated carbocycles. The smallest absolute Gasteiger partial charge is 0.304 e. The van der Waals surface area contributed by atoms with Crippen LogP contribution in [-0.4, -0.2) is 41.0 Å². The molecule has 0 saturated heterocycles. The summed E-state index contributed by atoms with van der Waals surface area (Å²) in [5.74, 6) is -0.474. The van der Waals surface area contributed by atoms with E-state index in [0.29, 0.717) is 23.8 Å². The number of β-amino-alcohol motifs (C(OH)–C–C–N with tert-alkyl or cyclic N) is 1. The molecular weight excluding hydrogens is 473 g/mol. The molecule has 2 aromatic rings. The number of aliphatic hydroxyl groups excluding tert-OH is 1. The maximum Gasteiger partial charge on any atom is 0.304 e. The van der Waals surface area contributed by atoms with Gasteiger partial charge in [-0.2, -0.15) is 0 Å². The van der Waals surface area contributed by atoms with Gasteiger partial charge in [0.2, 0.25) is 0 Å². The molecule has 5 nitrogen and oxygen atoms in total. The molecule has 2 aromatic carbocycles. The molecule has 0 radical (unpaired) electrons. The topological polar surface area (TPSA) is 78.8 Å². The Morgan fingerprint density at radius 2 is 1.85 bits per heavy atom. The second-order valence-electron chi connectivity index (χ2n) is 9.70. The summed E-state index contributed by atoms with van der Waals surface area (Å²) in [7, 11) is 0. The lowest BCUT2D eigenvalue weighted by molar-refractivity contribution is -0.137. The first-order chi connectivity index (χ1) is 16.1. The molecule has 2 unspecified atom stereocenters. The van der Waals surface area contributed by atoms with Crippen molar-refractivity contribution < 1.29 is 19.7 Å². The minimum Gasteiger partial charge on any atom is -0.489 e. The number of carboxylic acids is 1. The van der Waals surface area contributed by atoms with E-state index in [0.717, 1.165) is 19.3 Å². The van der Waals surface area contributed by atoms with Gasteiger partial charge >= 0.3 is 5.97 Å². The zero-order valence-corrected chi connectivity index (χ0v) is 21.2. The Kier molecular flexibility index (Phi) is 9.05. The summed E-state index contributed by atoms with van der Waals surface area (Å²) in [5.41, 5.74) is 3.34. The molecule has 0 aromatic heterocycles. The highest BCUT2D eigenvalue weighted by atomic mass is 35.5. The van der Waals surface area contributed by atoms with Crippen molar-refractivity contribution >= 4 is 29.2 Å². The van der Waals surface area contributed by atoms with Crippen LogP contribution in [0.2, 0.25) is 10.0 Å². The van der Waals surface area contributed by atoms with Gasteiger partial charge in [0.15, 0.2) is 0 Å². The second-order valence-corrected chi connectivity index (χ2v) is 10.5. The third-order valence-corrected chi connectivity index (χ3v) is 7.22. The molecule has 3 rings (SSSR count). The van der Waals surface area contributed by atoms with E-state index in [2.05, 4.69) is 50.0 Å². The summed E-state index contributed by atoms with van der Waals surface area (Å²) in [6.45, 7) is 8.44. The fourth-order valence-corrected chi connectivity index (χ4v) is 5.20. The third-order valence-electron chi connectivity index (χ3n) is 6.34. The molecule has 0 spiro atoms. The van der Waals surface area contributed by atoms with Gasteiger partial charge in [0, 0.05) is 18.0 Å². The summed E-state index contributed by atoms with van der Waals surface area (Å²) in [6, 6.07) is 12.0. The van der Waals surface area contributed by atoms with Crippen LogP contribution in [0.5, 0.6) is 5.75 Å². The van der Waals surface area contributed by atoms with Gasteiger partial charge in [-0.15, -0.1) is 6.58 Å². The van der Waals surface area contributed by atoms with Gasteiger partial charge in [0.25, 0.3) is 0 Å². The van der Waals surface area contributed by atoms with E-state index in [1.165, 1.54) is 17.2 Å². The van der Waals surface area contributed by atoms with Gasteiger partial charge in [0.1, 0.15) is 23.5 Å². The Bertz CT molecular complexity index is 999. The van der Waals surface area contributed by atoms with Gasteiger partial charge in [-0.05, 0) is 61.8 Å². The molecule has 184 valence electrons. The van der Waals surface area contributed by atoms with Crippen molar-refractivity contribution in [1.82, 2.24) is 5.32 Å². The highest BCUT2D eigenvalue weighted by Gasteiger charge is 2.28. The number of aliphatic hydroxyl groups is 1. The van der Waals surface area contributed by atoms with Gasteiger partial charge in [0.05, 0.1) is 11.4 Å². The summed E-state index contributed by atoms with van der Waals surface area (Å²) in [6.07, 6.45) is 3.88. The normalized spacial score (nSPS) is 15.6. The van der Waals surface area contributed by atoms with Crippen molar-refractivity contribution in [3.63, 3.8) is 0 Å². The Balaban J connectivity index is 1.50. The maximum atomic E-state index is 11.1. The number of aliphatic carboxylic acids is 1. The predicted octanol–water partition coefficient (Wildman–Crippen LogP) is 5.65. The average Bonchev–Trinajstić information content (AvgIpc) is 3.18.